The van der Waals surface area contributed by atoms with E-state index in [2.05, 4.69) is 75.1 Å². The highest BCUT2D eigenvalue weighted by molar-refractivity contribution is 7.80. The van der Waals surface area contributed by atoms with Crippen LogP contribution in [0.15, 0.2) is 78.9 Å². The van der Waals surface area contributed by atoms with Gasteiger partial charge in [-0.2, -0.15) is 17.8 Å². The quantitative estimate of drug-likeness (QED) is 0.126. The molecule has 9 heteroatoms. The Bertz CT molecular complexity index is 1350. The summed E-state index contributed by atoms with van der Waals surface area (Å²) in [5.41, 5.74) is 5.00. The summed E-state index contributed by atoms with van der Waals surface area (Å²) < 4.78 is 0. The predicted molar refractivity (Wildman–Crippen MR) is 161 cm³/mol. The van der Waals surface area contributed by atoms with E-state index in [-0.39, 0.29) is 30.3 Å². The number of aromatic nitrogens is 4. The summed E-state index contributed by atoms with van der Waals surface area (Å²) in [6.45, 7) is 2.09. The molecule has 3 aromatic carbocycles. The molecule has 2 unspecified atom stereocenters. The van der Waals surface area contributed by atoms with E-state index in [1.54, 1.807) is 0 Å². The van der Waals surface area contributed by atoms with Crippen molar-refractivity contribution in [1.82, 2.24) is 31.3 Å². The van der Waals surface area contributed by atoms with Crippen LogP contribution in [0.2, 0.25) is 0 Å². The Hall–Kier alpha value is -3.98. The average molecular weight is 557 g/mol. The molecular weight excluding hydrogens is 520 g/mol. The SMILES string of the molecule is CCCCCC(NC(=O)CNC(=O)C(CS)Cc1ccccc1)c1ccc(-c2ccccc2-c2nn[nH]n2)cc1. The fraction of sp³-hybridized carbons (Fsp3) is 0.323. The maximum Gasteiger partial charge on any atom is 0.239 e. The van der Waals surface area contributed by atoms with Gasteiger partial charge in [0.05, 0.1) is 18.5 Å². The van der Waals surface area contributed by atoms with Crippen LogP contribution < -0.4 is 10.6 Å². The number of hydrogen-bond acceptors (Lipinski definition) is 6. The van der Waals surface area contributed by atoms with E-state index in [0.717, 1.165) is 53.5 Å². The largest absolute Gasteiger partial charge is 0.348 e. The number of thiol groups is 1. The van der Waals surface area contributed by atoms with Crippen molar-refractivity contribution in [2.45, 2.75) is 45.1 Å². The molecule has 0 spiro atoms. The number of hydrogen-bond donors (Lipinski definition) is 4. The zero-order valence-corrected chi connectivity index (χ0v) is 23.6. The van der Waals surface area contributed by atoms with Crippen molar-refractivity contribution < 1.29 is 9.59 Å². The van der Waals surface area contributed by atoms with Gasteiger partial charge in [-0.05, 0) is 40.3 Å². The molecule has 0 fully saturated rings. The third-order valence-corrected chi connectivity index (χ3v) is 7.35. The Morgan fingerprint density at radius 3 is 2.33 bits per heavy atom. The third-order valence-electron chi connectivity index (χ3n) is 6.91. The second-order valence-corrected chi connectivity index (χ2v) is 10.2. The van der Waals surface area contributed by atoms with Crippen molar-refractivity contribution in [2.75, 3.05) is 12.3 Å². The summed E-state index contributed by atoms with van der Waals surface area (Å²) in [7, 11) is 0. The summed E-state index contributed by atoms with van der Waals surface area (Å²) in [6.07, 6.45) is 4.58. The average Bonchev–Trinajstić information content (AvgIpc) is 3.54. The fourth-order valence-corrected chi connectivity index (χ4v) is 5.01. The molecule has 4 aromatic rings. The first-order chi connectivity index (χ1) is 19.6. The van der Waals surface area contributed by atoms with E-state index in [9.17, 15) is 9.59 Å². The Labute approximate surface area is 240 Å². The molecule has 208 valence electrons. The fourth-order valence-electron chi connectivity index (χ4n) is 4.72. The lowest BCUT2D eigenvalue weighted by Gasteiger charge is -2.21. The highest BCUT2D eigenvalue weighted by atomic mass is 32.1. The van der Waals surface area contributed by atoms with Crippen molar-refractivity contribution in [3.63, 3.8) is 0 Å². The van der Waals surface area contributed by atoms with Gasteiger partial charge in [0.15, 0.2) is 0 Å². The summed E-state index contributed by atoms with van der Waals surface area (Å²) in [5, 5.41) is 20.4. The molecule has 8 nitrogen and oxygen atoms in total. The Kier molecular flexibility index (Phi) is 10.9. The van der Waals surface area contributed by atoms with Gasteiger partial charge < -0.3 is 10.6 Å². The lowest BCUT2D eigenvalue weighted by atomic mass is 9.95. The molecule has 0 saturated heterocycles. The monoisotopic (exact) mass is 556 g/mol. The lowest BCUT2D eigenvalue weighted by molar-refractivity contribution is -0.128. The van der Waals surface area contributed by atoms with Crippen molar-refractivity contribution >= 4 is 24.4 Å². The number of nitrogens with one attached hydrogen (secondary N) is 3. The van der Waals surface area contributed by atoms with Crippen molar-refractivity contribution in [1.29, 1.82) is 0 Å². The first-order valence-electron chi connectivity index (χ1n) is 13.7. The van der Waals surface area contributed by atoms with Crippen LogP contribution in [0.3, 0.4) is 0 Å². The zero-order chi connectivity index (χ0) is 28.2. The van der Waals surface area contributed by atoms with Gasteiger partial charge in [0.1, 0.15) is 0 Å². The molecule has 3 N–H and O–H groups in total. The summed E-state index contributed by atoms with van der Waals surface area (Å²) >= 11 is 4.37. The second kappa shape index (κ2) is 15.0. The van der Waals surface area contributed by atoms with Crippen LogP contribution in [-0.2, 0) is 16.0 Å². The number of unbranched alkanes of at least 4 members (excludes halogenated alkanes) is 2. The third kappa shape index (κ3) is 8.02. The second-order valence-electron chi connectivity index (χ2n) is 9.81. The number of nitrogens with zero attached hydrogens (tertiary/aromatic N) is 3. The number of aromatic amines is 1. The molecule has 4 rings (SSSR count). The molecule has 1 heterocycles. The molecule has 2 amide bonds. The summed E-state index contributed by atoms with van der Waals surface area (Å²) in [5.74, 6) is 0.266. The Morgan fingerprint density at radius 2 is 1.65 bits per heavy atom. The molecule has 40 heavy (non-hydrogen) atoms. The minimum absolute atomic E-state index is 0.0711. The van der Waals surface area contributed by atoms with Gasteiger partial charge in [-0.1, -0.05) is 105 Å². The number of amides is 2. The normalized spacial score (nSPS) is 12.4. The van der Waals surface area contributed by atoms with Gasteiger partial charge in [-0.25, -0.2) is 0 Å². The number of carbonyl (C=O) groups is 2. The number of tetrazole rings is 1. The molecular formula is C31H36N6O2S. The van der Waals surface area contributed by atoms with Crippen LogP contribution in [0.1, 0.15) is 49.8 Å². The van der Waals surface area contributed by atoms with E-state index >= 15 is 0 Å². The highest BCUT2D eigenvalue weighted by Crippen LogP contribution is 2.31. The highest BCUT2D eigenvalue weighted by Gasteiger charge is 2.20. The van der Waals surface area contributed by atoms with Gasteiger partial charge in [0, 0.05) is 11.3 Å². The van der Waals surface area contributed by atoms with Crippen LogP contribution in [0.4, 0.5) is 0 Å². The molecule has 0 saturated carbocycles. The molecule has 0 aliphatic heterocycles. The van der Waals surface area contributed by atoms with Gasteiger partial charge in [-0.3, -0.25) is 9.59 Å². The molecule has 0 bridgehead atoms. The van der Waals surface area contributed by atoms with Crippen LogP contribution in [0, 0.1) is 5.92 Å². The van der Waals surface area contributed by atoms with Gasteiger partial charge in [0.2, 0.25) is 17.6 Å². The number of H-pyrrole nitrogens is 1. The summed E-state index contributed by atoms with van der Waals surface area (Å²) in [4.78, 5) is 25.7. The maximum atomic E-state index is 12.9. The van der Waals surface area contributed by atoms with Gasteiger partial charge in [0.25, 0.3) is 0 Å². The number of carbonyl (C=O) groups excluding carboxylic acids is 2. The van der Waals surface area contributed by atoms with Crippen molar-refractivity contribution in [3.8, 4) is 22.5 Å². The minimum Gasteiger partial charge on any atom is -0.348 e. The molecule has 2 atom stereocenters. The number of rotatable bonds is 14. The first kappa shape index (κ1) is 29.0. The van der Waals surface area contributed by atoms with Gasteiger partial charge in [-0.15, -0.1) is 10.2 Å². The van der Waals surface area contributed by atoms with Crippen LogP contribution >= 0.6 is 12.6 Å². The molecule has 0 aliphatic rings. The van der Waals surface area contributed by atoms with Crippen LogP contribution in [0.5, 0.6) is 0 Å². The van der Waals surface area contributed by atoms with E-state index in [0.29, 0.717) is 18.0 Å². The van der Waals surface area contributed by atoms with Crippen LogP contribution in [0.25, 0.3) is 22.5 Å². The van der Waals surface area contributed by atoms with Gasteiger partial charge >= 0.3 is 0 Å². The van der Waals surface area contributed by atoms with E-state index < -0.39 is 0 Å². The first-order valence-corrected chi connectivity index (χ1v) is 14.4. The minimum atomic E-state index is -0.304. The Morgan fingerprint density at radius 1 is 0.925 bits per heavy atom. The van der Waals surface area contributed by atoms with Crippen molar-refractivity contribution in [2.24, 2.45) is 5.92 Å². The molecule has 1 aromatic heterocycles. The van der Waals surface area contributed by atoms with E-state index in [4.69, 9.17) is 0 Å². The summed E-state index contributed by atoms with van der Waals surface area (Å²) in [6, 6.07) is 25.8. The zero-order valence-electron chi connectivity index (χ0n) is 22.7. The van der Waals surface area contributed by atoms with E-state index in [1.165, 1.54) is 0 Å². The maximum absolute atomic E-state index is 12.9. The van der Waals surface area contributed by atoms with Crippen LogP contribution in [-0.4, -0.2) is 44.7 Å². The number of benzene rings is 3. The lowest BCUT2D eigenvalue weighted by Crippen LogP contribution is -2.41. The topological polar surface area (TPSA) is 113 Å². The molecule has 0 radical (unpaired) electrons. The standard InChI is InChI=1S/C31H36N6O2S/c1-2-3-5-14-28(33-29(38)20-32-31(39)25(21-40)19-22-10-6-4-7-11-22)24-17-15-23(16-18-24)26-12-8-9-13-27(26)30-34-36-37-35-30/h4,6-13,15-18,25,28,40H,2-3,5,14,19-21H2,1H3,(H,32,39)(H,33,38)(H,34,35,36,37). The smallest absolute Gasteiger partial charge is 0.239 e. The van der Waals surface area contributed by atoms with Crippen molar-refractivity contribution in [3.05, 3.63) is 90.0 Å². The molecule has 0 aliphatic carbocycles. The Balaban J connectivity index is 1.41. The van der Waals surface area contributed by atoms with E-state index in [1.807, 2.05) is 54.6 Å². The predicted octanol–water partition coefficient (Wildman–Crippen LogP) is 5.18.